The van der Waals surface area contributed by atoms with Crippen LogP contribution in [0.2, 0.25) is 5.02 Å². The highest BCUT2D eigenvalue weighted by Crippen LogP contribution is 2.27. The van der Waals surface area contributed by atoms with E-state index in [4.69, 9.17) is 16.7 Å². The van der Waals surface area contributed by atoms with Crippen LogP contribution in [0.3, 0.4) is 0 Å². The van der Waals surface area contributed by atoms with Crippen LogP contribution in [0, 0.1) is 0 Å². The van der Waals surface area contributed by atoms with Crippen molar-refractivity contribution in [2.75, 3.05) is 25.0 Å². The Balaban J connectivity index is 1.98. The molecule has 1 fully saturated rings. The third-order valence-corrected chi connectivity index (χ3v) is 3.31. The van der Waals surface area contributed by atoms with E-state index in [0.29, 0.717) is 10.8 Å². The molecule has 1 aromatic rings. The molecule has 6 nitrogen and oxygen atoms in total. The Morgan fingerprint density at radius 2 is 2.10 bits per heavy atom. The molecule has 1 heterocycles. The lowest BCUT2D eigenvalue weighted by Crippen LogP contribution is -2.43. The van der Waals surface area contributed by atoms with Crippen molar-refractivity contribution in [3.8, 4) is 0 Å². The van der Waals surface area contributed by atoms with Crippen molar-refractivity contribution in [3.05, 3.63) is 23.4 Å². The van der Waals surface area contributed by atoms with E-state index in [2.05, 4.69) is 4.98 Å². The average Bonchev–Trinajstić information content (AvgIpc) is 3.20. The standard InChI is InChI=1S/C13H16ClN3O3/c1-16(11-5-2-9(14)6-15-11)7-12(18)17(8-13(19)20)10-3-4-10/h2,5-6,10H,3-4,7-8H2,1H3,(H,19,20). The van der Waals surface area contributed by atoms with Crippen LogP contribution >= 0.6 is 11.6 Å². The van der Waals surface area contributed by atoms with Crippen molar-refractivity contribution in [3.63, 3.8) is 0 Å². The SMILES string of the molecule is CN(CC(=O)N(CC(=O)O)C1CC1)c1ccc(Cl)cn1. The Bertz CT molecular complexity index is 502. The Kier molecular flexibility index (Phi) is 4.44. The summed E-state index contributed by atoms with van der Waals surface area (Å²) in [5, 5.41) is 9.38. The quantitative estimate of drug-likeness (QED) is 0.855. The van der Waals surface area contributed by atoms with Crippen molar-refractivity contribution in [1.82, 2.24) is 9.88 Å². The van der Waals surface area contributed by atoms with Gasteiger partial charge in [-0.05, 0) is 25.0 Å². The van der Waals surface area contributed by atoms with Crippen LogP contribution in [-0.4, -0.2) is 53.0 Å². The fourth-order valence-corrected chi connectivity index (χ4v) is 2.03. The van der Waals surface area contributed by atoms with Gasteiger partial charge in [0.15, 0.2) is 0 Å². The first kappa shape index (κ1) is 14.6. The van der Waals surface area contributed by atoms with Crippen LogP contribution in [-0.2, 0) is 9.59 Å². The van der Waals surface area contributed by atoms with Crippen LogP contribution in [0.4, 0.5) is 5.82 Å². The number of pyridine rings is 1. The van der Waals surface area contributed by atoms with Gasteiger partial charge in [0.05, 0.1) is 11.6 Å². The van der Waals surface area contributed by atoms with Crippen LogP contribution < -0.4 is 4.90 Å². The topological polar surface area (TPSA) is 73.7 Å². The summed E-state index contributed by atoms with van der Waals surface area (Å²) in [6.45, 7) is -0.149. The molecule has 1 aliphatic rings. The van der Waals surface area contributed by atoms with Crippen LogP contribution in [0.15, 0.2) is 18.3 Å². The second-order valence-electron chi connectivity index (χ2n) is 4.84. The van der Waals surface area contributed by atoms with Crippen molar-refractivity contribution >= 4 is 29.3 Å². The molecule has 1 amide bonds. The monoisotopic (exact) mass is 297 g/mol. The van der Waals surface area contributed by atoms with Gasteiger partial charge in [-0.1, -0.05) is 11.6 Å². The maximum atomic E-state index is 12.2. The maximum Gasteiger partial charge on any atom is 0.323 e. The van der Waals surface area contributed by atoms with Gasteiger partial charge in [-0.2, -0.15) is 0 Å². The molecule has 0 aromatic carbocycles. The molecule has 1 N–H and O–H groups in total. The largest absolute Gasteiger partial charge is 0.480 e. The summed E-state index contributed by atoms with van der Waals surface area (Å²) in [7, 11) is 1.74. The molecule has 0 saturated heterocycles. The highest BCUT2D eigenvalue weighted by Gasteiger charge is 2.34. The lowest BCUT2D eigenvalue weighted by atomic mass is 10.3. The number of aliphatic carboxylic acids is 1. The van der Waals surface area contributed by atoms with Gasteiger partial charge in [-0.3, -0.25) is 9.59 Å². The number of hydrogen-bond acceptors (Lipinski definition) is 4. The Labute approximate surface area is 122 Å². The second kappa shape index (κ2) is 6.09. The smallest absolute Gasteiger partial charge is 0.323 e. The van der Waals surface area contributed by atoms with E-state index in [1.165, 1.54) is 11.1 Å². The summed E-state index contributed by atoms with van der Waals surface area (Å²) in [5.41, 5.74) is 0. The molecule has 0 atom stereocenters. The predicted octanol–water partition coefficient (Wildman–Crippen LogP) is 1.25. The van der Waals surface area contributed by atoms with E-state index >= 15 is 0 Å². The Morgan fingerprint density at radius 3 is 2.60 bits per heavy atom. The highest BCUT2D eigenvalue weighted by molar-refractivity contribution is 6.30. The summed E-state index contributed by atoms with van der Waals surface area (Å²) in [4.78, 5) is 30.2. The second-order valence-corrected chi connectivity index (χ2v) is 5.27. The number of carbonyl (C=O) groups excluding carboxylic acids is 1. The minimum atomic E-state index is -0.988. The maximum absolute atomic E-state index is 12.2. The molecule has 0 unspecified atom stereocenters. The van der Waals surface area contributed by atoms with Gasteiger partial charge in [0.1, 0.15) is 12.4 Å². The summed E-state index contributed by atoms with van der Waals surface area (Å²) >= 11 is 5.76. The number of amides is 1. The molecule has 108 valence electrons. The number of aromatic nitrogens is 1. The van der Waals surface area contributed by atoms with Crippen LogP contribution in [0.25, 0.3) is 0 Å². The van der Waals surface area contributed by atoms with Gasteiger partial charge in [-0.15, -0.1) is 0 Å². The van der Waals surface area contributed by atoms with Gasteiger partial charge in [0.25, 0.3) is 0 Å². The van der Waals surface area contributed by atoms with Gasteiger partial charge in [-0.25, -0.2) is 4.98 Å². The van der Waals surface area contributed by atoms with Crippen LogP contribution in [0.1, 0.15) is 12.8 Å². The fourth-order valence-electron chi connectivity index (χ4n) is 1.92. The van der Waals surface area contributed by atoms with Crippen molar-refractivity contribution in [2.24, 2.45) is 0 Å². The van der Waals surface area contributed by atoms with Gasteiger partial charge < -0.3 is 14.9 Å². The molecule has 2 rings (SSSR count). The molecular formula is C13H16ClN3O3. The summed E-state index contributed by atoms with van der Waals surface area (Å²) in [6.07, 6.45) is 3.26. The number of anilines is 1. The molecule has 1 aromatic heterocycles. The number of carboxylic acid groups (broad SMARTS) is 1. The summed E-state index contributed by atoms with van der Waals surface area (Å²) in [6, 6.07) is 3.49. The lowest BCUT2D eigenvalue weighted by Gasteiger charge is -2.24. The average molecular weight is 298 g/mol. The minimum absolute atomic E-state index is 0.0742. The fraction of sp³-hybridized carbons (Fsp3) is 0.462. The molecule has 0 aliphatic heterocycles. The molecule has 0 radical (unpaired) electrons. The molecular weight excluding hydrogens is 282 g/mol. The first-order valence-electron chi connectivity index (χ1n) is 6.31. The molecule has 0 bridgehead atoms. The number of carbonyl (C=O) groups is 2. The zero-order valence-corrected chi connectivity index (χ0v) is 11.9. The molecule has 7 heteroatoms. The van der Waals surface area contributed by atoms with Gasteiger partial charge >= 0.3 is 5.97 Å². The Hall–Kier alpha value is -1.82. The van der Waals surface area contributed by atoms with Crippen LogP contribution in [0.5, 0.6) is 0 Å². The van der Waals surface area contributed by atoms with Gasteiger partial charge in [0, 0.05) is 19.3 Å². The molecule has 20 heavy (non-hydrogen) atoms. The minimum Gasteiger partial charge on any atom is -0.480 e. The molecule has 1 saturated carbocycles. The highest BCUT2D eigenvalue weighted by atomic mass is 35.5. The van der Waals surface area contributed by atoms with Crippen molar-refractivity contribution in [1.29, 1.82) is 0 Å². The van der Waals surface area contributed by atoms with E-state index in [-0.39, 0.29) is 25.0 Å². The lowest BCUT2D eigenvalue weighted by molar-refractivity contribution is -0.144. The third kappa shape index (κ3) is 3.84. The first-order valence-corrected chi connectivity index (χ1v) is 6.69. The van der Waals surface area contributed by atoms with E-state index < -0.39 is 5.97 Å². The number of likely N-dealkylation sites (N-methyl/N-ethyl adjacent to an activating group) is 1. The summed E-state index contributed by atoms with van der Waals surface area (Å²) < 4.78 is 0. The van der Waals surface area contributed by atoms with E-state index in [1.54, 1.807) is 24.1 Å². The van der Waals surface area contributed by atoms with Gasteiger partial charge in [0.2, 0.25) is 5.91 Å². The number of nitrogens with zero attached hydrogens (tertiary/aromatic N) is 3. The summed E-state index contributed by atoms with van der Waals surface area (Å²) in [5.74, 6) is -0.569. The normalized spacial score (nSPS) is 13.9. The van der Waals surface area contributed by atoms with E-state index in [1.807, 2.05) is 0 Å². The predicted molar refractivity (Wildman–Crippen MR) is 74.9 cm³/mol. The van der Waals surface area contributed by atoms with E-state index in [0.717, 1.165) is 12.8 Å². The Morgan fingerprint density at radius 1 is 1.40 bits per heavy atom. The number of hydrogen-bond donors (Lipinski definition) is 1. The molecule has 0 spiro atoms. The van der Waals surface area contributed by atoms with Crippen molar-refractivity contribution < 1.29 is 14.7 Å². The third-order valence-electron chi connectivity index (χ3n) is 3.09. The van der Waals surface area contributed by atoms with Crippen molar-refractivity contribution in [2.45, 2.75) is 18.9 Å². The number of rotatable bonds is 6. The molecule has 1 aliphatic carbocycles. The van der Waals surface area contributed by atoms with E-state index in [9.17, 15) is 9.59 Å². The number of halogens is 1. The first-order chi connectivity index (χ1) is 9.47. The zero-order valence-electron chi connectivity index (χ0n) is 11.1. The zero-order chi connectivity index (χ0) is 14.7. The number of carboxylic acids is 1.